The highest BCUT2D eigenvalue weighted by Gasteiger charge is 2.11. The maximum absolute atomic E-state index is 11.9. The van der Waals surface area contributed by atoms with Gasteiger partial charge in [-0.05, 0) is 142 Å². The van der Waals surface area contributed by atoms with Crippen molar-refractivity contribution in [1.82, 2.24) is 38.2 Å². The third-order valence-electron chi connectivity index (χ3n) is 13.7. The van der Waals surface area contributed by atoms with Crippen LogP contribution in [0, 0.1) is 50.4 Å². The largest absolute Gasteiger partial charge is 0.508 e. The molecule has 0 aliphatic carbocycles. The topological polar surface area (TPSA) is 322 Å². The molecule has 0 fully saturated rings. The zero-order valence-corrected chi connectivity index (χ0v) is 56.7. The molecule has 0 spiro atoms. The van der Waals surface area contributed by atoms with Crippen LogP contribution in [0.15, 0.2) is 304 Å². The van der Waals surface area contributed by atoms with E-state index >= 15 is 0 Å². The van der Waals surface area contributed by atoms with Gasteiger partial charge in [-0.2, -0.15) is 10.5 Å². The molecular weight excluding hydrogens is 1310 g/mol. The van der Waals surface area contributed by atoms with Gasteiger partial charge < -0.3 is 40.1 Å². The first-order valence-corrected chi connectivity index (χ1v) is 31.5. The first-order chi connectivity index (χ1) is 49.2. The minimum atomic E-state index is -1.35. The summed E-state index contributed by atoms with van der Waals surface area (Å²) in [6, 6.07) is 74.8. The molecule has 13 aromatic rings. The number of phenolic OH excluding ortho intramolecular Hbond substituents is 1. The highest BCUT2D eigenvalue weighted by molar-refractivity contribution is 6.58. The van der Waals surface area contributed by atoms with Gasteiger partial charge in [0.1, 0.15) is 28.2 Å². The summed E-state index contributed by atoms with van der Waals surface area (Å²) in [5.74, 6) is 2.88. The van der Waals surface area contributed by atoms with Gasteiger partial charge in [0.05, 0.1) is 53.1 Å². The SMILES string of the molecule is COc1cccc(-n2ccccc2=O)c1.Cc1cc(C#N)cc(Cl)n1.Cc1cc(C#N)cc(Oc2cccc(-n3ccccc3=O)c2)n1.Cc1cc(CN)cc(Oc2cccc(-n3ccccc3=O)c2)n1.Cc1cccc(B(O)O)c1.O=c1cccc[nH]1.O=c1ccccn1-c1cccc(O)c1. The van der Waals surface area contributed by atoms with Gasteiger partial charge in [0.15, 0.2) is 0 Å². The summed E-state index contributed by atoms with van der Waals surface area (Å²) in [5, 5.41) is 44.5. The predicted octanol–water partition coefficient (Wildman–Crippen LogP) is 11.4. The van der Waals surface area contributed by atoms with Crippen LogP contribution in [0.5, 0.6) is 34.8 Å². The number of H-pyrrole nitrogens is 1. The van der Waals surface area contributed by atoms with Crippen molar-refractivity contribution in [3.8, 4) is 69.6 Å². The van der Waals surface area contributed by atoms with Crippen LogP contribution in [0.25, 0.3) is 22.7 Å². The molecular formula is C78H69BClN11O11. The summed E-state index contributed by atoms with van der Waals surface area (Å²) in [6.07, 6.45) is 8.41. The number of halogens is 1. The number of aromatic amines is 1. The van der Waals surface area contributed by atoms with E-state index in [9.17, 15) is 29.1 Å². The van der Waals surface area contributed by atoms with E-state index in [4.69, 9.17) is 52.1 Å². The first kappa shape index (κ1) is 76.1. The standard InChI is InChI=1S/C18H17N3O2.C18H13N3O2.C12H11NO2.C11H9NO2.C7H9BO2.C7H5ClN2.C5H5NO/c2*1-13-9-14(12-19)10-17(20-13)23-16-6-4-5-15(11-16)21-8-3-2-7-18(21)22;1-15-11-6-4-5-10(9-11)13-8-3-2-7-12(13)14;13-10-5-3-4-9(8-10)12-7-2-1-6-11(12)14;1-6-3-2-4-7(5-6)8(9)10;1-5-2-6(4-9)3-7(8)10-5;7-5-3-1-2-4-6-5/h2-11H,12,19H2,1H3;2-11H,1H3;2-9H,1H3;1-8,13H;2-5,9-10H,1H3;2-3H,1H3;1-4H,(H,6,7). The van der Waals surface area contributed by atoms with Gasteiger partial charge in [0.2, 0.25) is 17.3 Å². The van der Waals surface area contributed by atoms with Crippen LogP contribution in [0.3, 0.4) is 0 Å². The Morgan fingerprint density at radius 2 is 0.892 bits per heavy atom. The Labute approximate surface area is 592 Å². The van der Waals surface area contributed by atoms with Crippen molar-refractivity contribution in [1.29, 1.82) is 10.5 Å². The van der Waals surface area contributed by atoms with E-state index in [1.807, 2.05) is 98.8 Å². The normalized spacial score (nSPS) is 9.87. The van der Waals surface area contributed by atoms with E-state index < -0.39 is 7.12 Å². The summed E-state index contributed by atoms with van der Waals surface area (Å²) >= 11 is 5.57. The molecule has 0 bridgehead atoms. The molecule has 24 heteroatoms. The molecule has 0 saturated carbocycles. The molecule has 102 heavy (non-hydrogen) atoms. The highest BCUT2D eigenvalue weighted by Crippen LogP contribution is 2.25. The molecule has 512 valence electrons. The molecule has 8 heterocycles. The number of nitrogens with one attached hydrogen (secondary N) is 1. The summed E-state index contributed by atoms with van der Waals surface area (Å²) in [7, 11) is 0.257. The minimum absolute atomic E-state index is 0.0502. The average Bonchev–Trinajstić information content (AvgIpc) is 0.845. The minimum Gasteiger partial charge on any atom is -0.508 e. The number of nitrogens with zero attached hydrogens (tertiary/aromatic N) is 9. The number of hydrogen-bond acceptors (Lipinski definition) is 17. The highest BCUT2D eigenvalue weighted by atomic mass is 35.5. The molecule has 8 aromatic heterocycles. The van der Waals surface area contributed by atoms with Gasteiger partial charge in [-0.3, -0.25) is 42.2 Å². The smallest absolute Gasteiger partial charge is 0.488 e. The Morgan fingerprint density at radius 1 is 0.471 bits per heavy atom. The van der Waals surface area contributed by atoms with Gasteiger partial charge in [0.25, 0.3) is 22.2 Å². The van der Waals surface area contributed by atoms with Crippen molar-refractivity contribution < 1.29 is 29.4 Å². The third kappa shape index (κ3) is 24.7. The van der Waals surface area contributed by atoms with Crippen LogP contribution in [0.1, 0.15) is 39.3 Å². The predicted molar refractivity (Wildman–Crippen MR) is 394 cm³/mol. The molecule has 5 aromatic carbocycles. The summed E-state index contributed by atoms with van der Waals surface area (Å²) in [5.41, 5.74) is 14.0. The van der Waals surface area contributed by atoms with E-state index in [1.165, 1.54) is 45.5 Å². The number of ether oxygens (including phenoxy) is 3. The van der Waals surface area contributed by atoms with Crippen LogP contribution in [-0.2, 0) is 6.54 Å². The second kappa shape index (κ2) is 39.2. The Kier molecular flexibility index (Phi) is 29.2. The number of aryl methyl sites for hydroxylation is 4. The van der Waals surface area contributed by atoms with Gasteiger partial charge in [-0.1, -0.05) is 96.0 Å². The lowest BCUT2D eigenvalue weighted by atomic mass is 9.80. The number of phenols is 1. The Hall–Kier alpha value is -13.3. The zero-order valence-electron chi connectivity index (χ0n) is 55.9. The third-order valence-corrected chi connectivity index (χ3v) is 13.9. The van der Waals surface area contributed by atoms with Crippen molar-refractivity contribution in [2.45, 2.75) is 34.2 Å². The number of nitriles is 2. The van der Waals surface area contributed by atoms with Crippen LogP contribution in [0.4, 0.5) is 0 Å². The van der Waals surface area contributed by atoms with Crippen LogP contribution < -0.4 is 53.2 Å². The van der Waals surface area contributed by atoms with E-state index in [0.29, 0.717) is 68.6 Å². The molecule has 0 aliphatic rings. The number of aromatic nitrogens is 8. The van der Waals surface area contributed by atoms with Crippen LogP contribution >= 0.6 is 11.6 Å². The molecule has 0 amide bonds. The van der Waals surface area contributed by atoms with Crippen LogP contribution in [-0.4, -0.2) is 67.6 Å². The summed E-state index contributed by atoms with van der Waals surface area (Å²) in [6.45, 7) is 7.83. The van der Waals surface area contributed by atoms with Crippen molar-refractivity contribution in [2.75, 3.05) is 7.11 Å². The lowest BCUT2D eigenvalue weighted by Crippen LogP contribution is -2.29. The fourth-order valence-electron chi connectivity index (χ4n) is 9.13. The van der Waals surface area contributed by atoms with Gasteiger partial charge in [0, 0.05) is 121 Å². The second-order valence-corrected chi connectivity index (χ2v) is 22.0. The van der Waals surface area contributed by atoms with Crippen molar-refractivity contribution in [2.24, 2.45) is 5.73 Å². The lowest BCUT2D eigenvalue weighted by Gasteiger charge is -2.10. The van der Waals surface area contributed by atoms with E-state index in [-0.39, 0.29) is 33.5 Å². The van der Waals surface area contributed by atoms with E-state index in [0.717, 1.165) is 39.6 Å². The van der Waals surface area contributed by atoms with Crippen molar-refractivity contribution >= 4 is 24.2 Å². The maximum Gasteiger partial charge on any atom is 0.488 e. The zero-order chi connectivity index (χ0) is 73.3. The number of aromatic hydroxyl groups is 1. The number of hydrogen-bond donors (Lipinski definition) is 5. The lowest BCUT2D eigenvalue weighted by molar-refractivity contribution is 0.414. The van der Waals surface area contributed by atoms with Crippen molar-refractivity contribution in [3.05, 3.63) is 376 Å². The summed E-state index contributed by atoms with van der Waals surface area (Å²) < 4.78 is 22.8. The number of rotatable bonds is 11. The number of nitrogens with two attached hydrogens (primary N) is 1. The number of benzene rings is 5. The Balaban J connectivity index is 0.000000173. The molecule has 0 aliphatic heterocycles. The van der Waals surface area contributed by atoms with Crippen LogP contribution in [0.2, 0.25) is 5.15 Å². The Bertz CT molecular complexity index is 5280. The van der Waals surface area contributed by atoms with Crippen molar-refractivity contribution in [3.63, 3.8) is 0 Å². The Morgan fingerprint density at radius 3 is 1.28 bits per heavy atom. The van der Waals surface area contributed by atoms with Gasteiger partial charge in [-0.25, -0.2) is 15.0 Å². The van der Waals surface area contributed by atoms with Gasteiger partial charge in [-0.15, -0.1) is 0 Å². The molecule has 0 radical (unpaired) electrons. The maximum atomic E-state index is 11.9. The summed E-state index contributed by atoms with van der Waals surface area (Å²) in [4.78, 5) is 72.0. The van der Waals surface area contributed by atoms with Gasteiger partial charge >= 0.3 is 7.12 Å². The number of methoxy groups -OCH3 is 1. The first-order valence-electron chi connectivity index (χ1n) is 31.1. The molecule has 13 rings (SSSR count). The molecule has 22 nitrogen and oxygen atoms in total. The molecule has 0 saturated heterocycles. The number of pyridine rings is 8. The molecule has 0 atom stereocenters. The van der Waals surface area contributed by atoms with E-state index in [1.54, 1.807) is 195 Å². The molecule has 0 unspecified atom stereocenters. The average molecular weight is 1380 g/mol. The second-order valence-electron chi connectivity index (χ2n) is 21.6. The fourth-order valence-corrected chi connectivity index (χ4v) is 9.38. The quantitative estimate of drug-likeness (QED) is 0.0593. The van der Waals surface area contributed by atoms with E-state index in [2.05, 4.69) is 26.0 Å². The molecule has 6 N–H and O–H groups in total. The fraction of sp³-hybridized carbons (Fsp3) is 0.0769. The monoisotopic (exact) mass is 1380 g/mol.